The van der Waals surface area contributed by atoms with E-state index in [0.717, 1.165) is 5.56 Å². The number of carbonyl (C=O) groups is 1. The number of rotatable bonds is 4. The van der Waals surface area contributed by atoms with Crippen molar-refractivity contribution in [3.05, 3.63) is 58.6 Å². The molecule has 0 aliphatic rings. The summed E-state index contributed by atoms with van der Waals surface area (Å²) in [7, 11) is -3.34. The topological polar surface area (TPSA) is 63.2 Å². The lowest BCUT2D eigenvalue weighted by molar-refractivity contribution is 0.102. The molecule has 0 fully saturated rings. The van der Waals surface area contributed by atoms with E-state index >= 15 is 0 Å². The van der Waals surface area contributed by atoms with Crippen LogP contribution in [0.25, 0.3) is 0 Å². The highest BCUT2D eigenvalue weighted by Gasteiger charge is 2.19. The zero-order chi connectivity index (χ0) is 17.2. The van der Waals surface area contributed by atoms with E-state index in [0.29, 0.717) is 16.3 Å². The van der Waals surface area contributed by atoms with E-state index < -0.39 is 15.1 Å². The van der Waals surface area contributed by atoms with Crippen LogP contribution in [-0.4, -0.2) is 19.6 Å². The number of sulfone groups is 1. The molecule has 0 saturated heterocycles. The fourth-order valence-electron chi connectivity index (χ4n) is 1.98. The molecule has 0 bridgehead atoms. The van der Waals surface area contributed by atoms with Gasteiger partial charge in [-0.15, -0.1) is 0 Å². The van der Waals surface area contributed by atoms with E-state index in [4.69, 9.17) is 11.6 Å². The first-order chi connectivity index (χ1) is 10.7. The summed E-state index contributed by atoms with van der Waals surface area (Å²) >= 11 is 6.09. The van der Waals surface area contributed by atoms with E-state index in [2.05, 4.69) is 5.32 Å². The second kappa shape index (κ2) is 6.72. The summed E-state index contributed by atoms with van der Waals surface area (Å²) in [6.07, 6.45) is 0. The molecule has 0 saturated carbocycles. The lowest BCUT2D eigenvalue weighted by Crippen LogP contribution is -2.15. The van der Waals surface area contributed by atoms with Crippen LogP contribution in [0.1, 0.15) is 29.8 Å². The van der Waals surface area contributed by atoms with Crippen LogP contribution in [0.4, 0.5) is 5.69 Å². The van der Waals surface area contributed by atoms with Crippen molar-refractivity contribution in [2.45, 2.75) is 30.9 Å². The summed E-state index contributed by atoms with van der Waals surface area (Å²) in [5.41, 5.74) is 1.88. The fourth-order valence-corrected chi connectivity index (χ4v) is 3.33. The summed E-state index contributed by atoms with van der Waals surface area (Å²) < 4.78 is 24.1. The smallest absolute Gasteiger partial charge is 0.255 e. The Balaban J connectivity index is 2.21. The maximum atomic E-state index is 12.2. The Hall–Kier alpha value is -1.85. The number of carbonyl (C=O) groups excluding carboxylic acids is 1. The van der Waals surface area contributed by atoms with E-state index in [1.54, 1.807) is 26.0 Å². The number of hydrogen-bond acceptors (Lipinski definition) is 3. The molecule has 122 valence electrons. The molecule has 1 N–H and O–H groups in total. The van der Waals surface area contributed by atoms with Crippen molar-refractivity contribution in [2.75, 3.05) is 5.32 Å². The number of halogens is 1. The van der Waals surface area contributed by atoms with Crippen molar-refractivity contribution >= 4 is 33.0 Å². The molecule has 0 aliphatic carbocycles. The number of anilines is 1. The predicted octanol–water partition coefficient (Wildman–Crippen LogP) is 4.08. The number of benzene rings is 2. The zero-order valence-corrected chi connectivity index (χ0v) is 14.7. The fraction of sp³-hybridized carbons (Fsp3) is 0.235. The minimum atomic E-state index is -3.34. The van der Waals surface area contributed by atoms with Crippen molar-refractivity contribution in [3.8, 4) is 0 Å². The molecule has 0 spiro atoms. The molecule has 1 amide bonds. The van der Waals surface area contributed by atoms with Crippen LogP contribution in [0.15, 0.2) is 47.4 Å². The molecule has 23 heavy (non-hydrogen) atoms. The lowest BCUT2D eigenvalue weighted by atomic mass is 10.2. The van der Waals surface area contributed by atoms with Gasteiger partial charge in [0, 0.05) is 5.56 Å². The standard InChI is InChI=1S/C17H18ClNO3S/c1-11(2)23(21,22)14-7-5-13(6-8-14)17(20)19-16-9-4-12(3)10-15(16)18/h4-11H,1-3H3,(H,19,20). The van der Waals surface area contributed by atoms with Crippen molar-refractivity contribution in [1.29, 1.82) is 0 Å². The van der Waals surface area contributed by atoms with Crippen molar-refractivity contribution in [1.82, 2.24) is 0 Å². The van der Waals surface area contributed by atoms with Crippen LogP contribution in [0.5, 0.6) is 0 Å². The summed E-state index contributed by atoms with van der Waals surface area (Å²) in [4.78, 5) is 12.4. The molecule has 0 unspecified atom stereocenters. The van der Waals surface area contributed by atoms with E-state index in [1.807, 2.05) is 13.0 Å². The van der Waals surface area contributed by atoms with Gasteiger partial charge in [-0.25, -0.2) is 8.42 Å². The first kappa shape index (κ1) is 17.5. The Labute approximate surface area is 141 Å². The molecule has 2 rings (SSSR count). The highest BCUT2D eigenvalue weighted by molar-refractivity contribution is 7.92. The SMILES string of the molecule is Cc1ccc(NC(=O)c2ccc(S(=O)(=O)C(C)C)cc2)c(Cl)c1. The molecule has 2 aromatic rings. The van der Waals surface area contributed by atoms with Crippen LogP contribution in [-0.2, 0) is 9.84 Å². The minimum Gasteiger partial charge on any atom is -0.321 e. The van der Waals surface area contributed by atoms with Crippen LogP contribution < -0.4 is 5.32 Å². The Morgan fingerprint density at radius 2 is 1.70 bits per heavy atom. The average molecular weight is 352 g/mol. The molecule has 0 radical (unpaired) electrons. The molecule has 0 aliphatic heterocycles. The Kier molecular flexibility index (Phi) is 5.12. The second-order valence-electron chi connectivity index (χ2n) is 5.56. The van der Waals surface area contributed by atoms with E-state index in [9.17, 15) is 13.2 Å². The number of aryl methyl sites for hydroxylation is 1. The summed E-state index contributed by atoms with van der Waals surface area (Å²) in [5.74, 6) is -0.343. The second-order valence-corrected chi connectivity index (χ2v) is 8.47. The first-order valence-corrected chi connectivity index (χ1v) is 9.05. The third-order valence-electron chi connectivity index (χ3n) is 3.44. The minimum absolute atomic E-state index is 0.206. The molecular weight excluding hydrogens is 334 g/mol. The van der Waals surface area contributed by atoms with Gasteiger partial charge in [0.25, 0.3) is 5.91 Å². The monoisotopic (exact) mass is 351 g/mol. The average Bonchev–Trinajstić information content (AvgIpc) is 2.50. The van der Waals surface area contributed by atoms with Crippen LogP contribution >= 0.6 is 11.6 Å². The van der Waals surface area contributed by atoms with E-state index in [-0.39, 0.29) is 10.8 Å². The molecular formula is C17H18ClNO3S. The van der Waals surface area contributed by atoms with Crippen molar-refractivity contribution in [3.63, 3.8) is 0 Å². The van der Waals surface area contributed by atoms with Gasteiger partial charge in [0.1, 0.15) is 0 Å². The van der Waals surface area contributed by atoms with Gasteiger partial charge >= 0.3 is 0 Å². The molecule has 0 aromatic heterocycles. The normalized spacial score (nSPS) is 11.5. The van der Waals surface area contributed by atoms with Crippen LogP contribution in [0.3, 0.4) is 0 Å². The molecule has 2 aromatic carbocycles. The summed E-state index contributed by atoms with van der Waals surface area (Å²) in [5, 5.41) is 2.66. The summed E-state index contributed by atoms with van der Waals surface area (Å²) in [6, 6.07) is 11.2. The molecule has 0 heterocycles. The van der Waals surface area contributed by atoms with E-state index in [1.165, 1.54) is 24.3 Å². The predicted molar refractivity (Wildman–Crippen MR) is 92.9 cm³/mol. The quantitative estimate of drug-likeness (QED) is 0.902. The van der Waals surface area contributed by atoms with Gasteiger partial charge in [0.05, 0.1) is 20.9 Å². The molecule has 6 heteroatoms. The highest BCUT2D eigenvalue weighted by atomic mass is 35.5. The van der Waals surface area contributed by atoms with Gasteiger partial charge in [0.15, 0.2) is 9.84 Å². The van der Waals surface area contributed by atoms with Gasteiger partial charge in [-0.3, -0.25) is 4.79 Å². The molecule has 0 atom stereocenters. The number of hydrogen-bond donors (Lipinski definition) is 1. The maximum Gasteiger partial charge on any atom is 0.255 e. The highest BCUT2D eigenvalue weighted by Crippen LogP contribution is 2.23. The summed E-state index contributed by atoms with van der Waals surface area (Å²) in [6.45, 7) is 5.15. The largest absolute Gasteiger partial charge is 0.321 e. The molecule has 4 nitrogen and oxygen atoms in total. The third kappa shape index (κ3) is 3.92. The Morgan fingerprint density at radius 3 is 2.22 bits per heavy atom. The van der Waals surface area contributed by atoms with Gasteiger partial charge in [0.2, 0.25) is 0 Å². The Morgan fingerprint density at radius 1 is 1.09 bits per heavy atom. The first-order valence-electron chi connectivity index (χ1n) is 7.13. The van der Waals surface area contributed by atoms with Gasteiger partial charge in [-0.05, 0) is 62.7 Å². The van der Waals surface area contributed by atoms with Gasteiger partial charge in [-0.1, -0.05) is 17.7 Å². The zero-order valence-electron chi connectivity index (χ0n) is 13.1. The number of amides is 1. The lowest BCUT2D eigenvalue weighted by Gasteiger charge is -2.10. The van der Waals surface area contributed by atoms with Crippen LogP contribution in [0.2, 0.25) is 5.02 Å². The van der Waals surface area contributed by atoms with Gasteiger partial charge in [-0.2, -0.15) is 0 Å². The Bertz CT molecular complexity index is 827. The van der Waals surface area contributed by atoms with Crippen molar-refractivity contribution in [2.24, 2.45) is 0 Å². The number of nitrogens with one attached hydrogen (secondary N) is 1. The van der Waals surface area contributed by atoms with Crippen LogP contribution in [0, 0.1) is 6.92 Å². The van der Waals surface area contributed by atoms with Crippen molar-refractivity contribution < 1.29 is 13.2 Å². The van der Waals surface area contributed by atoms with Gasteiger partial charge < -0.3 is 5.32 Å². The maximum absolute atomic E-state index is 12.2. The third-order valence-corrected chi connectivity index (χ3v) is 5.92.